The molecule has 2 aromatic heterocycles. The van der Waals surface area contributed by atoms with Gasteiger partial charge in [-0.3, -0.25) is 4.79 Å². The molecule has 2 heterocycles. The Morgan fingerprint density at radius 2 is 2.00 bits per heavy atom. The first kappa shape index (κ1) is 13.8. The molecule has 0 aliphatic heterocycles. The van der Waals surface area contributed by atoms with Crippen molar-refractivity contribution in [1.29, 1.82) is 0 Å². The lowest BCUT2D eigenvalue weighted by Crippen LogP contribution is -2.13. The second-order valence-corrected chi connectivity index (χ2v) is 6.04. The zero-order valence-corrected chi connectivity index (χ0v) is 13.1. The maximum Gasteiger partial charge on any atom is 0.301 e. The number of aryl methyl sites for hydroxylation is 4. The zero-order valence-electron chi connectivity index (χ0n) is 12.3. The lowest BCUT2D eigenvalue weighted by Gasteiger charge is -2.01. The number of hydrogen-bond acceptors (Lipinski definition) is 4. The van der Waals surface area contributed by atoms with Gasteiger partial charge in [-0.15, -0.1) is 0 Å². The molecule has 3 rings (SSSR count). The fourth-order valence-electron chi connectivity index (χ4n) is 2.28. The summed E-state index contributed by atoms with van der Waals surface area (Å²) in [5, 5.41) is 3.71. The number of fused-ring (bicyclic) bond motifs is 1. The molecule has 6 heteroatoms. The number of carbonyl (C=O) groups excluding carboxylic acids is 1. The van der Waals surface area contributed by atoms with Crippen LogP contribution in [0.4, 0.5) is 0 Å². The maximum atomic E-state index is 12.1. The Morgan fingerprint density at radius 3 is 2.62 bits per heavy atom. The smallest absolute Gasteiger partial charge is 0.301 e. The molecule has 0 aliphatic carbocycles. The highest BCUT2D eigenvalue weighted by atomic mass is 32.1. The standard InChI is InChI=1S/C15H15N3O2S/c1-8-5-6-9(2)13-12(8)18(4)15(21-13)16-14(19)11-7-10(3)20-17-11/h5-7H,1-4H3. The first-order valence-corrected chi connectivity index (χ1v) is 7.37. The topological polar surface area (TPSA) is 60.4 Å². The van der Waals surface area contributed by atoms with Crippen molar-refractivity contribution < 1.29 is 9.32 Å². The van der Waals surface area contributed by atoms with E-state index in [0.717, 1.165) is 10.2 Å². The highest BCUT2D eigenvalue weighted by Crippen LogP contribution is 2.24. The molecule has 108 valence electrons. The Labute approximate surface area is 125 Å². The van der Waals surface area contributed by atoms with Crippen LogP contribution in [0.2, 0.25) is 0 Å². The Morgan fingerprint density at radius 1 is 1.29 bits per heavy atom. The molecule has 21 heavy (non-hydrogen) atoms. The maximum absolute atomic E-state index is 12.1. The van der Waals surface area contributed by atoms with E-state index in [2.05, 4.69) is 36.1 Å². The first-order chi connectivity index (χ1) is 9.97. The summed E-state index contributed by atoms with van der Waals surface area (Å²) in [4.78, 5) is 17.0. The van der Waals surface area contributed by atoms with Gasteiger partial charge < -0.3 is 9.09 Å². The van der Waals surface area contributed by atoms with Crippen molar-refractivity contribution in [1.82, 2.24) is 9.72 Å². The van der Waals surface area contributed by atoms with Gasteiger partial charge in [-0.1, -0.05) is 28.6 Å². The van der Waals surface area contributed by atoms with Crippen molar-refractivity contribution in [3.8, 4) is 0 Å². The zero-order chi connectivity index (χ0) is 15.1. The van der Waals surface area contributed by atoms with Crippen LogP contribution < -0.4 is 4.80 Å². The van der Waals surface area contributed by atoms with E-state index in [4.69, 9.17) is 4.52 Å². The SMILES string of the molecule is Cc1cc(C(=O)N=c2sc3c(C)ccc(C)c3n2C)no1. The second-order valence-electron chi connectivity index (χ2n) is 5.06. The number of rotatable bonds is 1. The van der Waals surface area contributed by atoms with Gasteiger partial charge >= 0.3 is 5.91 Å². The molecule has 0 spiro atoms. The number of nitrogens with zero attached hydrogens (tertiary/aromatic N) is 3. The highest BCUT2D eigenvalue weighted by molar-refractivity contribution is 7.16. The summed E-state index contributed by atoms with van der Waals surface area (Å²) in [6.07, 6.45) is 0. The largest absolute Gasteiger partial charge is 0.361 e. The highest BCUT2D eigenvalue weighted by Gasteiger charge is 2.12. The summed E-state index contributed by atoms with van der Waals surface area (Å²) < 4.78 is 8.02. The normalized spacial score (nSPS) is 12.3. The summed E-state index contributed by atoms with van der Waals surface area (Å²) in [7, 11) is 1.92. The van der Waals surface area contributed by atoms with Gasteiger partial charge in [-0.05, 0) is 31.9 Å². The molecule has 3 aromatic rings. The van der Waals surface area contributed by atoms with Crippen LogP contribution >= 0.6 is 11.3 Å². The number of carbonyl (C=O) groups is 1. The molecule has 0 radical (unpaired) electrons. The summed E-state index contributed by atoms with van der Waals surface area (Å²) in [6.45, 7) is 5.86. The number of benzene rings is 1. The quantitative estimate of drug-likeness (QED) is 0.694. The predicted molar refractivity (Wildman–Crippen MR) is 81.4 cm³/mol. The Kier molecular flexibility index (Phi) is 3.25. The lowest BCUT2D eigenvalue weighted by molar-refractivity contribution is 0.0989. The van der Waals surface area contributed by atoms with Crippen LogP contribution in [0.3, 0.4) is 0 Å². The molecule has 1 aromatic carbocycles. The number of thiazole rings is 1. The van der Waals surface area contributed by atoms with E-state index in [0.29, 0.717) is 10.6 Å². The van der Waals surface area contributed by atoms with Gasteiger partial charge in [0.15, 0.2) is 10.5 Å². The van der Waals surface area contributed by atoms with Gasteiger partial charge in [0, 0.05) is 13.1 Å². The van der Waals surface area contributed by atoms with E-state index in [9.17, 15) is 4.79 Å². The van der Waals surface area contributed by atoms with Crippen LogP contribution in [0, 0.1) is 20.8 Å². The molecule has 0 saturated carbocycles. The molecule has 5 nitrogen and oxygen atoms in total. The summed E-state index contributed by atoms with van der Waals surface area (Å²) in [6, 6.07) is 5.76. The third kappa shape index (κ3) is 2.31. The third-order valence-electron chi connectivity index (χ3n) is 3.39. The molecule has 0 N–H and O–H groups in total. The van der Waals surface area contributed by atoms with E-state index in [1.165, 1.54) is 22.5 Å². The fraction of sp³-hybridized carbons (Fsp3) is 0.267. The lowest BCUT2D eigenvalue weighted by atomic mass is 10.1. The first-order valence-electron chi connectivity index (χ1n) is 6.55. The number of hydrogen-bond donors (Lipinski definition) is 0. The third-order valence-corrected chi connectivity index (χ3v) is 4.66. The number of aromatic nitrogens is 2. The van der Waals surface area contributed by atoms with Crippen LogP contribution in [0.15, 0.2) is 27.7 Å². The predicted octanol–water partition coefficient (Wildman–Crippen LogP) is 2.89. The summed E-state index contributed by atoms with van der Waals surface area (Å²) >= 11 is 1.51. The van der Waals surface area contributed by atoms with Crippen LogP contribution in [0.25, 0.3) is 10.2 Å². The minimum Gasteiger partial charge on any atom is -0.361 e. The van der Waals surface area contributed by atoms with Gasteiger partial charge in [0.2, 0.25) is 0 Å². The van der Waals surface area contributed by atoms with Gasteiger partial charge in [-0.25, -0.2) is 0 Å². The van der Waals surface area contributed by atoms with Crippen LogP contribution in [0.5, 0.6) is 0 Å². The van der Waals surface area contributed by atoms with Gasteiger partial charge in [0.25, 0.3) is 0 Å². The minimum atomic E-state index is -0.385. The molecule has 0 bridgehead atoms. The molecular weight excluding hydrogens is 286 g/mol. The molecule has 0 saturated heterocycles. The van der Waals surface area contributed by atoms with Gasteiger partial charge in [-0.2, -0.15) is 4.99 Å². The van der Waals surface area contributed by atoms with Crippen LogP contribution in [-0.2, 0) is 7.05 Å². The van der Waals surface area contributed by atoms with Crippen molar-refractivity contribution in [3.63, 3.8) is 0 Å². The molecular formula is C15H15N3O2S. The Hall–Kier alpha value is -2.21. The van der Waals surface area contributed by atoms with Crippen molar-refractivity contribution in [2.75, 3.05) is 0 Å². The van der Waals surface area contributed by atoms with E-state index < -0.39 is 0 Å². The number of amides is 1. The fourth-order valence-corrected chi connectivity index (χ4v) is 3.44. The van der Waals surface area contributed by atoms with E-state index in [-0.39, 0.29) is 11.6 Å². The van der Waals surface area contributed by atoms with Crippen LogP contribution in [0.1, 0.15) is 27.4 Å². The minimum absolute atomic E-state index is 0.235. The van der Waals surface area contributed by atoms with Crippen LogP contribution in [-0.4, -0.2) is 15.6 Å². The van der Waals surface area contributed by atoms with Gasteiger partial charge in [0.1, 0.15) is 5.76 Å². The van der Waals surface area contributed by atoms with Crippen molar-refractivity contribution in [3.05, 3.63) is 45.6 Å². The second kappa shape index (κ2) is 4.96. The summed E-state index contributed by atoms with van der Waals surface area (Å²) in [5.74, 6) is 0.213. The molecule has 0 atom stereocenters. The molecule has 0 fully saturated rings. The van der Waals surface area contributed by atoms with Crippen molar-refractivity contribution >= 4 is 27.5 Å². The average Bonchev–Trinajstić information content (AvgIpc) is 3.00. The monoisotopic (exact) mass is 301 g/mol. The molecule has 1 amide bonds. The van der Waals surface area contributed by atoms with E-state index in [1.54, 1.807) is 13.0 Å². The Balaban J connectivity index is 2.19. The van der Waals surface area contributed by atoms with Gasteiger partial charge in [0.05, 0.1) is 10.2 Å². The van der Waals surface area contributed by atoms with E-state index in [1.807, 2.05) is 11.6 Å². The Bertz CT molecular complexity index is 915. The van der Waals surface area contributed by atoms with Crippen molar-refractivity contribution in [2.45, 2.75) is 20.8 Å². The van der Waals surface area contributed by atoms with Crippen molar-refractivity contribution in [2.24, 2.45) is 12.0 Å². The van der Waals surface area contributed by atoms with E-state index >= 15 is 0 Å². The molecule has 0 unspecified atom stereocenters. The average molecular weight is 301 g/mol. The molecule has 0 aliphatic rings. The summed E-state index contributed by atoms with van der Waals surface area (Å²) in [5.41, 5.74) is 3.70.